The third-order valence-corrected chi connectivity index (χ3v) is 5.71. The topological polar surface area (TPSA) is 56.2 Å². The summed E-state index contributed by atoms with van der Waals surface area (Å²) < 4.78 is 8.08. The van der Waals surface area contributed by atoms with Gasteiger partial charge in [-0.05, 0) is 36.6 Å². The molecule has 1 saturated carbocycles. The number of fused-ring (bicyclic) bond motifs is 2. The molecule has 5 heteroatoms. The van der Waals surface area contributed by atoms with E-state index in [2.05, 4.69) is 16.0 Å². The Hall–Kier alpha value is -2.82. The number of nitrogens with one attached hydrogen (secondary N) is 1. The van der Waals surface area contributed by atoms with Gasteiger partial charge in [-0.25, -0.2) is 4.98 Å². The first-order valence-electron chi connectivity index (χ1n) is 9.82. The predicted molar refractivity (Wildman–Crippen MR) is 105 cm³/mol. The van der Waals surface area contributed by atoms with E-state index in [1.165, 1.54) is 19.3 Å². The Balaban J connectivity index is 1.44. The van der Waals surface area contributed by atoms with Crippen LogP contribution in [0.5, 0.6) is 5.75 Å². The number of benzene rings is 2. The lowest BCUT2D eigenvalue weighted by molar-refractivity contribution is -0.122. The van der Waals surface area contributed by atoms with E-state index in [9.17, 15) is 4.79 Å². The van der Waals surface area contributed by atoms with E-state index in [0.29, 0.717) is 18.4 Å². The molecule has 1 fully saturated rings. The zero-order valence-electron chi connectivity index (χ0n) is 15.2. The minimum atomic E-state index is -0.498. The number of carbonyl (C=O) groups excluding carboxylic acids is 1. The third-order valence-electron chi connectivity index (χ3n) is 5.71. The van der Waals surface area contributed by atoms with Crippen molar-refractivity contribution >= 4 is 22.9 Å². The van der Waals surface area contributed by atoms with E-state index in [-0.39, 0.29) is 5.91 Å². The van der Waals surface area contributed by atoms with E-state index in [1.54, 1.807) is 0 Å². The highest BCUT2D eigenvalue weighted by atomic mass is 16.5. The molecule has 1 amide bonds. The van der Waals surface area contributed by atoms with Crippen molar-refractivity contribution in [1.29, 1.82) is 0 Å². The maximum Gasteiger partial charge on any atom is 0.268 e. The Morgan fingerprint density at radius 3 is 2.67 bits per heavy atom. The first-order chi connectivity index (χ1) is 13.3. The summed E-state index contributed by atoms with van der Waals surface area (Å²) in [5, 5.41) is 3.06. The summed E-state index contributed by atoms with van der Waals surface area (Å²) >= 11 is 0. The Morgan fingerprint density at radius 1 is 1.04 bits per heavy atom. The van der Waals surface area contributed by atoms with Gasteiger partial charge in [0.1, 0.15) is 5.75 Å². The van der Waals surface area contributed by atoms with Crippen LogP contribution in [0.25, 0.3) is 11.0 Å². The van der Waals surface area contributed by atoms with Crippen LogP contribution in [0, 0.1) is 0 Å². The molecule has 2 aliphatic rings. The lowest BCUT2D eigenvalue weighted by Crippen LogP contribution is -2.33. The quantitative estimate of drug-likeness (QED) is 0.748. The minimum Gasteiger partial charge on any atom is -0.480 e. The van der Waals surface area contributed by atoms with Crippen molar-refractivity contribution in [2.24, 2.45) is 0 Å². The van der Waals surface area contributed by atoms with Crippen LogP contribution in [-0.4, -0.2) is 21.6 Å². The van der Waals surface area contributed by atoms with Crippen LogP contribution in [0.2, 0.25) is 0 Å². The number of hydrogen-bond acceptors (Lipinski definition) is 3. The smallest absolute Gasteiger partial charge is 0.268 e. The van der Waals surface area contributed by atoms with Crippen LogP contribution < -0.4 is 10.1 Å². The second-order valence-electron chi connectivity index (χ2n) is 7.49. The van der Waals surface area contributed by atoms with Gasteiger partial charge in [-0.3, -0.25) is 10.1 Å². The number of amides is 1. The molecule has 0 radical (unpaired) electrons. The van der Waals surface area contributed by atoms with Crippen LogP contribution in [0.3, 0.4) is 0 Å². The number of nitrogens with zero attached hydrogens (tertiary/aromatic N) is 2. The maximum atomic E-state index is 12.9. The first kappa shape index (κ1) is 16.4. The highest BCUT2D eigenvalue weighted by molar-refractivity contribution is 5.95. The van der Waals surface area contributed by atoms with Crippen LogP contribution in [0.1, 0.15) is 43.7 Å². The van der Waals surface area contributed by atoms with Crippen LogP contribution in [0.4, 0.5) is 5.95 Å². The Labute approximate surface area is 158 Å². The molecule has 0 saturated heterocycles. The molecule has 1 N–H and O–H groups in total. The number of hydrogen-bond donors (Lipinski definition) is 1. The van der Waals surface area contributed by atoms with Gasteiger partial charge in [-0.15, -0.1) is 0 Å². The molecule has 1 aromatic heterocycles. The molecule has 1 unspecified atom stereocenters. The lowest BCUT2D eigenvalue weighted by atomic mass is 9.95. The van der Waals surface area contributed by atoms with Gasteiger partial charge in [0.05, 0.1) is 11.0 Å². The molecule has 1 aliphatic carbocycles. The average molecular weight is 361 g/mol. The SMILES string of the molecule is O=C(Nc1nc2ccccc2n1C1CCCCC1)C1Cc2ccccc2O1. The number of rotatable bonds is 3. The van der Waals surface area contributed by atoms with Crippen LogP contribution in [-0.2, 0) is 11.2 Å². The fourth-order valence-electron chi connectivity index (χ4n) is 4.36. The zero-order chi connectivity index (χ0) is 18.2. The summed E-state index contributed by atoms with van der Waals surface area (Å²) in [6, 6.07) is 16.4. The molecule has 5 rings (SSSR count). The molecular formula is C22H23N3O2. The number of aromatic nitrogens is 2. The number of imidazole rings is 1. The fraction of sp³-hybridized carbons (Fsp3) is 0.364. The van der Waals surface area contributed by atoms with Crippen molar-refractivity contribution < 1.29 is 9.53 Å². The average Bonchev–Trinajstić information content (AvgIpc) is 3.29. The predicted octanol–water partition coefficient (Wildman–Crippen LogP) is 4.48. The van der Waals surface area contributed by atoms with E-state index in [1.807, 2.05) is 42.5 Å². The van der Waals surface area contributed by atoms with Gasteiger partial charge in [0, 0.05) is 12.5 Å². The Morgan fingerprint density at radius 2 is 1.81 bits per heavy atom. The van der Waals surface area contributed by atoms with E-state index >= 15 is 0 Å². The molecule has 3 aromatic rings. The minimum absolute atomic E-state index is 0.126. The van der Waals surface area contributed by atoms with Crippen molar-refractivity contribution in [3.05, 3.63) is 54.1 Å². The number of ether oxygens (including phenoxy) is 1. The first-order valence-corrected chi connectivity index (χ1v) is 9.82. The third kappa shape index (κ3) is 2.97. The van der Waals surface area contributed by atoms with Crippen molar-refractivity contribution in [3.8, 4) is 5.75 Å². The summed E-state index contributed by atoms with van der Waals surface area (Å²) in [4.78, 5) is 17.6. The van der Waals surface area contributed by atoms with Gasteiger partial charge in [-0.1, -0.05) is 49.6 Å². The summed E-state index contributed by atoms with van der Waals surface area (Å²) in [7, 11) is 0. The molecule has 0 bridgehead atoms. The molecule has 27 heavy (non-hydrogen) atoms. The standard InChI is InChI=1S/C22H23N3O2/c26-21(20-14-15-8-4-7-13-19(15)27-20)24-22-23-17-11-5-6-12-18(17)25(22)16-9-2-1-3-10-16/h4-8,11-13,16,20H,1-3,9-10,14H2,(H,23,24,26). The molecule has 2 heterocycles. The number of carbonyl (C=O) groups is 1. The lowest BCUT2D eigenvalue weighted by Gasteiger charge is -2.25. The van der Waals surface area contributed by atoms with Crippen LogP contribution >= 0.6 is 0 Å². The molecule has 1 atom stereocenters. The highest BCUT2D eigenvalue weighted by Crippen LogP contribution is 2.35. The summed E-state index contributed by atoms with van der Waals surface area (Å²) in [6.07, 6.45) is 6.12. The largest absolute Gasteiger partial charge is 0.480 e. The van der Waals surface area contributed by atoms with E-state index < -0.39 is 6.10 Å². The molecule has 5 nitrogen and oxygen atoms in total. The fourth-order valence-corrected chi connectivity index (χ4v) is 4.36. The van der Waals surface area contributed by atoms with Gasteiger partial charge in [0.2, 0.25) is 5.95 Å². The number of anilines is 1. The summed E-state index contributed by atoms with van der Waals surface area (Å²) in [5.74, 6) is 1.32. The van der Waals surface area contributed by atoms with Crippen molar-refractivity contribution in [3.63, 3.8) is 0 Å². The molecule has 1 aliphatic heterocycles. The normalized spacial score (nSPS) is 19.6. The number of para-hydroxylation sites is 3. The molecular weight excluding hydrogens is 338 g/mol. The van der Waals surface area contributed by atoms with Gasteiger partial charge in [0.15, 0.2) is 6.10 Å². The molecule has 0 spiro atoms. The van der Waals surface area contributed by atoms with E-state index in [4.69, 9.17) is 9.72 Å². The zero-order valence-corrected chi connectivity index (χ0v) is 15.2. The van der Waals surface area contributed by atoms with Crippen molar-refractivity contribution in [2.75, 3.05) is 5.32 Å². The van der Waals surface area contributed by atoms with Gasteiger partial charge < -0.3 is 9.30 Å². The molecule has 138 valence electrons. The Bertz CT molecular complexity index is 963. The van der Waals surface area contributed by atoms with Crippen LogP contribution in [0.15, 0.2) is 48.5 Å². The molecule has 2 aromatic carbocycles. The van der Waals surface area contributed by atoms with Crippen molar-refractivity contribution in [2.45, 2.75) is 50.7 Å². The van der Waals surface area contributed by atoms with Crippen molar-refractivity contribution in [1.82, 2.24) is 9.55 Å². The summed E-state index contributed by atoms with van der Waals surface area (Å²) in [6.45, 7) is 0. The monoisotopic (exact) mass is 361 g/mol. The summed E-state index contributed by atoms with van der Waals surface area (Å²) in [5.41, 5.74) is 3.10. The Kier molecular flexibility index (Phi) is 4.07. The van der Waals surface area contributed by atoms with E-state index in [0.717, 1.165) is 35.2 Å². The second-order valence-corrected chi connectivity index (χ2v) is 7.49. The maximum absolute atomic E-state index is 12.9. The van der Waals surface area contributed by atoms with Gasteiger partial charge >= 0.3 is 0 Å². The van der Waals surface area contributed by atoms with Gasteiger partial charge in [0.25, 0.3) is 5.91 Å². The highest BCUT2D eigenvalue weighted by Gasteiger charge is 2.30. The second kappa shape index (κ2) is 6.72. The van der Waals surface area contributed by atoms with Gasteiger partial charge in [-0.2, -0.15) is 0 Å².